The van der Waals surface area contributed by atoms with Crippen LogP contribution < -0.4 is 10.1 Å². The Morgan fingerprint density at radius 3 is 2.72 bits per heavy atom. The molecule has 4 heteroatoms. The highest BCUT2D eigenvalue weighted by Gasteiger charge is 2.18. The van der Waals surface area contributed by atoms with Crippen LogP contribution in [0.5, 0.6) is 5.75 Å². The zero-order valence-electron chi connectivity index (χ0n) is 15.9. The third-order valence-corrected chi connectivity index (χ3v) is 5.32. The lowest BCUT2D eigenvalue weighted by Gasteiger charge is -2.23. The molecule has 1 N–H and O–H groups in total. The fraction of sp³-hybridized carbons (Fsp3) is 0.571. The van der Waals surface area contributed by atoms with Crippen molar-refractivity contribution >= 4 is 16.6 Å². The Morgan fingerprint density at radius 2 is 1.96 bits per heavy atom. The molecule has 4 nitrogen and oxygen atoms in total. The van der Waals surface area contributed by atoms with Crippen LogP contribution in [0.3, 0.4) is 0 Å². The van der Waals surface area contributed by atoms with Crippen molar-refractivity contribution in [3.63, 3.8) is 0 Å². The van der Waals surface area contributed by atoms with E-state index in [1.807, 2.05) is 6.07 Å². The van der Waals surface area contributed by atoms with Gasteiger partial charge >= 0.3 is 0 Å². The van der Waals surface area contributed by atoms with Crippen molar-refractivity contribution in [2.45, 2.75) is 46.0 Å². The van der Waals surface area contributed by atoms with Gasteiger partial charge < -0.3 is 15.0 Å². The molecule has 0 radical (unpaired) electrons. The Labute approximate surface area is 151 Å². The van der Waals surface area contributed by atoms with Gasteiger partial charge in [-0.05, 0) is 75.5 Å². The fourth-order valence-electron chi connectivity index (χ4n) is 3.79. The van der Waals surface area contributed by atoms with Gasteiger partial charge in [0.05, 0.1) is 12.6 Å². The maximum atomic E-state index is 5.45. The molecular formula is C21H31N3O. The first-order valence-corrected chi connectivity index (χ1v) is 9.72. The van der Waals surface area contributed by atoms with E-state index in [9.17, 15) is 0 Å². The Balaban J connectivity index is 1.85. The third kappa shape index (κ3) is 4.06. The Morgan fingerprint density at radius 1 is 1.16 bits per heavy atom. The van der Waals surface area contributed by atoms with E-state index < -0.39 is 0 Å². The first kappa shape index (κ1) is 18.0. The van der Waals surface area contributed by atoms with Crippen molar-refractivity contribution in [2.75, 3.05) is 38.6 Å². The number of aromatic nitrogens is 1. The molecule has 1 heterocycles. The molecule has 1 aromatic heterocycles. The van der Waals surface area contributed by atoms with Gasteiger partial charge in [-0.3, -0.25) is 4.98 Å². The van der Waals surface area contributed by atoms with Crippen molar-refractivity contribution in [3.8, 4) is 5.75 Å². The highest BCUT2D eigenvalue weighted by atomic mass is 16.5. The number of rotatable bonds is 8. The van der Waals surface area contributed by atoms with Gasteiger partial charge in [-0.2, -0.15) is 0 Å². The van der Waals surface area contributed by atoms with Crippen LogP contribution in [0.25, 0.3) is 10.9 Å². The van der Waals surface area contributed by atoms with Crippen molar-refractivity contribution in [1.82, 2.24) is 9.88 Å². The molecule has 0 fully saturated rings. The van der Waals surface area contributed by atoms with Crippen molar-refractivity contribution in [2.24, 2.45) is 0 Å². The number of fused-ring (bicyclic) bond motifs is 2. The van der Waals surface area contributed by atoms with E-state index in [1.165, 1.54) is 35.2 Å². The zero-order valence-corrected chi connectivity index (χ0v) is 15.9. The van der Waals surface area contributed by atoms with Crippen LogP contribution in [0.15, 0.2) is 18.2 Å². The first-order valence-electron chi connectivity index (χ1n) is 9.72. The number of pyridine rings is 1. The number of methoxy groups -OCH3 is 1. The molecule has 0 saturated carbocycles. The number of hydrogen-bond acceptors (Lipinski definition) is 4. The van der Waals surface area contributed by atoms with Crippen LogP contribution in [0.4, 0.5) is 5.69 Å². The number of benzene rings is 1. The normalized spacial score (nSPS) is 13.9. The predicted octanol–water partition coefficient (Wildman–Crippen LogP) is 4.27. The summed E-state index contributed by atoms with van der Waals surface area (Å²) in [6, 6.07) is 6.22. The van der Waals surface area contributed by atoms with E-state index in [4.69, 9.17) is 9.72 Å². The molecule has 0 spiro atoms. The van der Waals surface area contributed by atoms with Crippen LogP contribution in [0, 0.1) is 0 Å². The summed E-state index contributed by atoms with van der Waals surface area (Å²) in [6.45, 7) is 8.86. The second kappa shape index (κ2) is 8.52. The summed E-state index contributed by atoms with van der Waals surface area (Å²) in [5, 5.41) is 4.95. The smallest absolute Gasteiger partial charge is 0.119 e. The van der Waals surface area contributed by atoms with Gasteiger partial charge in [0.2, 0.25) is 0 Å². The largest absolute Gasteiger partial charge is 0.497 e. The van der Waals surface area contributed by atoms with Gasteiger partial charge in [0.15, 0.2) is 0 Å². The number of anilines is 1. The van der Waals surface area contributed by atoms with E-state index in [0.717, 1.165) is 56.7 Å². The standard InChI is InChI=1S/C21H31N3O/c1-4-24(5-2)14-8-13-22-21-17-9-6-7-10-19(17)23-20-12-11-16(25-3)15-18(20)21/h11-12,15H,4-10,13-14H2,1-3H3,(H,22,23). The molecule has 0 saturated heterocycles. The molecule has 136 valence electrons. The van der Waals surface area contributed by atoms with Gasteiger partial charge in [-0.15, -0.1) is 0 Å². The molecule has 0 aliphatic heterocycles. The van der Waals surface area contributed by atoms with E-state index in [0.29, 0.717) is 0 Å². The van der Waals surface area contributed by atoms with Crippen LogP contribution in [0.2, 0.25) is 0 Å². The first-order chi connectivity index (χ1) is 12.3. The van der Waals surface area contributed by atoms with Crippen molar-refractivity contribution in [1.29, 1.82) is 0 Å². The average Bonchev–Trinajstić information content (AvgIpc) is 2.67. The molecule has 0 amide bonds. The number of ether oxygens (including phenoxy) is 1. The molecular weight excluding hydrogens is 310 g/mol. The lowest BCUT2D eigenvalue weighted by molar-refractivity contribution is 0.303. The van der Waals surface area contributed by atoms with Crippen molar-refractivity contribution in [3.05, 3.63) is 29.5 Å². The van der Waals surface area contributed by atoms with Gasteiger partial charge in [0.1, 0.15) is 5.75 Å². The number of nitrogens with one attached hydrogen (secondary N) is 1. The summed E-state index contributed by atoms with van der Waals surface area (Å²) in [5.74, 6) is 0.899. The van der Waals surface area contributed by atoms with Gasteiger partial charge in [0, 0.05) is 23.3 Å². The lowest BCUT2D eigenvalue weighted by Crippen LogP contribution is -2.25. The second-order valence-electron chi connectivity index (χ2n) is 6.81. The molecule has 1 aliphatic carbocycles. The van der Waals surface area contributed by atoms with Gasteiger partial charge in [-0.25, -0.2) is 0 Å². The van der Waals surface area contributed by atoms with E-state index in [-0.39, 0.29) is 0 Å². The Hall–Kier alpha value is -1.81. The van der Waals surface area contributed by atoms with Crippen LogP contribution in [-0.4, -0.2) is 43.2 Å². The molecule has 1 aromatic carbocycles. The van der Waals surface area contributed by atoms with Crippen LogP contribution >= 0.6 is 0 Å². The van der Waals surface area contributed by atoms with Crippen molar-refractivity contribution < 1.29 is 4.74 Å². The number of aryl methyl sites for hydroxylation is 1. The monoisotopic (exact) mass is 341 g/mol. The SMILES string of the molecule is CCN(CC)CCCNc1c2c(nc3ccc(OC)cc13)CCCC2. The Bertz CT molecular complexity index is 710. The lowest BCUT2D eigenvalue weighted by atomic mass is 9.92. The summed E-state index contributed by atoms with van der Waals surface area (Å²) < 4.78 is 5.45. The summed E-state index contributed by atoms with van der Waals surface area (Å²) in [4.78, 5) is 7.41. The molecule has 1 aliphatic rings. The van der Waals surface area contributed by atoms with Crippen LogP contribution in [0.1, 0.15) is 44.4 Å². The summed E-state index contributed by atoms with van der Waals surface area (Å²) >= 11 is 0. The molecule has 2 aromatic rings. The van der Waals surface area contributed by atoms with Gasteiger partial charge in [0.25, 0.3) is 0 Å². The summed E-state index contributed by atoms with van der Waals surface area (Å²) in [5.41, 5.74) is 5.08. The second-order valence-corrected chi connectivity index (χ2v) is 6.81. The minimum Gasteiger partial charge on any atom is -0.497 e. The van der Waals surface area contributed by atoms with Crippen LogP contribution in [-0.2, 0) is 12.8 Å². The Kier molecular flexibility index (Phi) is 6.14. The predicted molar refractivity (Wildman–Crippen MR) is 106 cm³/mol. The topological polar surface area (TPSA) is 37.4 Å². The number of hydrogen-bond donors (Lipinski definition) is 1. The molecule has 25 heavy (non-hydrogen) atoms. The molecule has 0 unspecified atom stereocenters. The molecule has 0 atom stereocenters. The highest BCUT2D eigenvalue weighted by Crippen LogP contribution is 2.35. The third-order valence-electron chi connectivity index (χ3n) is 5.32. The van der Waals surface area contributed by atoms with E-state index in [2.05, 4.69) is 36.2 Å². The maximum Gasteiger partial charge on any atom is 0.119 e. The average molecular weight is 341 g/mol. The summed E-state index contributed by atoms with van der Waals surface area (Å²) in [7, 11) is 1.73. The maximum absolute atomic E-state index is 5.45. The highest BCUT2D eigenvalue weighted by molar-refractivity contribution is 5.94. The van der Waals surface area contributed by atoms with Gasteiger partial charge in [-0.1, -0.05) is 13.8 Å². The number of nitrogens with zero attached hydrogens (tertiary/aromatic N) is 2. The fourth-order valence-corrected chi connectivity index (χ4v) is 3.79. The minimum atomic E-state index is 0.899. The van der Waals surface area contributed by atoms with E-state index >= 15 is 0 Å². The molecule has 0 bridgehead atoms. The van der Waals surface area contributed by atoms with E-state index in [1.54, 1.807) is 7.11 Å². The summed E-state index contributed by atoms with van der Waals surface area (Å²) in [6.07, 6.45) is 5.91. The quantitative estimate of drug-likeness (QED) is 0.728. The minimum absolute atomic E-state index is 0.899. The molecule has 3 rings (SSSR count). The zero-order chi connectivity index (χ0) is 17.6.